The molecule has 0 saturated carbocycles. The Labute approximate surface area is 109 Å². The van der Waals surface area contributed by atoms with Gasteiger partial charge >= 0.3 is 0 Å². The molecule has 0 saturated heterocycles. The van der Waals surface area contributed by atoms with Crippen molar-refractivity contribution in [2.75, 3.05) is 5.73 Å². The second-order valence-corrected chi connectivity index (χ2v) is 4.81. The van der Waals surface area contributed by atoms with Crippen LogP contribution in [0.4, 0.5) is 5.69 Å². The van der Waals surface area contributed by atoms with Gasteiger partial charge in [-0.1, -0.05) is 13.3 Å². The van der Waals surface area contributed by atoms with Gasteiger partial charge in [0, 0.05) is 6.54 Å². The molecule has 2 rings (SSSR count). The average molecular weight is 264 g/mol. The number of thiophene rings is 1. The summed E-state index contributed by atoms with van der Waals surface area (Å²) in [5.74, 6) is -0.239. The van der Waals surface area contributed by atoms with E-state index < -0.39 is 0 Å². The molecule has 4 N–H and O–H groups in total. The van der Waals surface area contributed by atoms with Crippen LogP contribution in [0.25, 0.3) is 0 Å². The van der Waals surface area contributed by atoms with Gasteiger partial charge in [0.05, 0.1) is 11.4 Å². The highest BCUT2D eigenvalue weighted by atomic mass is 32.1. The summed E-state index contributed by atoms with van der Waals surface area (Å²) in [6.07, 6.45) is 1.76. The van der Waals surface area contributed by atoms with Crippen LogP contribution in [-0.2, 0) is 13.0 Å². The van der Waals surface area contributed by atoms with Gasteiger partial charge in [0.25, 0.3) is 5.91 Å². The molecule has 1 amide bonds. The van der Waals surface area contributed by atoms with Crippen LogP contribution in [0.3, 0.4) is 0 Å². The number of nitrogens with zero attached hydrogens (tertiary/aromatic N) is 1. The Kier molecular flexibility index (Phi) is 3.99. The number of rotatable bonds is 5. The van der Waals surface area contributed by atoms with E-state index in [1.807, 2.05) is 16.8 Å². The van der Waals surface area contributed by atoms with E-state index in [1.54, 1.807) is 11.3 Å². The molecule has 0 bridgehead atoms. The summed E-state index contributed by atoms with van der Waals surface area (Å²) in [6, 6.07) is 1.97. The molecule has 96 valence electrons. The van der Waals surface area contributed by atoms with Crippen LogP contribution in [0.1, 0.15) is 35.1 Å². The fraction of sp³-hybridized carbons (Fsp3) is 0.333. The number of hydrogen-bond acceptors (Lipinski definition) is 4. The molecular weight excluding hydrogens is 248 g/mol. The Morgan fingerprint density at radius 1 is 1.61 bits per heavy atom. The van der Waals surface area contributed by atoms with E-state index in [0.29, 0.717) is 12.2 Å². The minimum Gasteiger partial charge on any atom is -0.395 e. The minimum absolute atomic E-state index is 0.239. The molecule has 5 nitrogen and oxygen atoms in total. The maximum absolute atomic E-state index is 11.9. The van der Waals surface area contributed by atoms with Gasteiger partial charge in [0.1, 0.15) is 0 Å². The van der Waals surface area contributed by atoms with Crippen LogP contribution in [0.5, 0.6) is 0 Å². The molecule has 0 radical (unpaired) electrons. The highest BCUT2D eigenvalue weighted by Crippen LogP contribution is 2.15. The predicted molar refractivity (Wildman–Crippen MR) is 72.5 cm³/mol. The van der Waals surface area contributed by atoms with Crippen LogP contribution >= 0.6 is 11.3 Å². The Bertz CT molecular complexity index is 518. The molecule has 2 heterocycles. The summed E-state index contributed by atoms with van der Waals surface area (Å²) in [6.45, 7) is 2.55. The van der Waals surface area contributed by atoms with Gasteiger partial charge in [-0.25, -0.2) is 0 Å². The van der Waals surface area contributed by atoms with Crippen LogP contribution in [-0.4, -0.2) is 16.1 Å². The molecule has 18 heavy (non-hydrogen) atoms. The van der Waals surface area contributed by atoms with Gasteiger partial charge in [-0.05, 0) is 28.8 Å². The van der Waals surface area contributed by atoms with Crippen LogP contribution in [0.15, 0.2) is 16.8 Å². The Balaban J connectivity index is 2.00. The van der Waals surface area contributed by atoms with Crippen molar-refractivity contribution in [1.82, 2.24) is 15.5 Å². The Morgan fingerprint density at radius 3 is 3.11 bits per heavy atom. The molecule has 0 unspecified atom stereocenters. The number of aromatic nitrogens is 2. The van der Waals surface area contributed by atoms with E-state index in [4.69, 9.17) is 5.73 Å². The fourth-order valence-corrected chi connectivity index (χ4v) is 2.33. The molecule has 0 spiro atoms. The second kappa shape index (κ2) is 5.68. The van der Waals surface area contributed by atoms with Crippen molar-refractivity contribution in [3.8, 4) is 0 Å². The Hall–Kier alpha value is -1.82. The lowest BCUT2D eigenvalue weighted by Crippen LogP contribution is -2.23. The fourth-order valence-electron chi connectivity index (χ4n) is 1.66. The number of hydrogen-bond donors (Lipinski definition) is 3. The first kappa shape index (κ1) is 12.6. The number of anilines is 1. The van der Waals surface area contributed by atoms with E-state index in [0.717, 1.165) is 24.1 Å². The number of carbonyl (C=O) groups is 1. The number of nitrogens with one attached hydrogen (secondary N) is 2. The van der Waals surface area contributed by atoms with Crippen LogP contribution in [0, 0.1) is 0 Å². The van der Waals surface area contributed by atoms with E-state index in [2.05, 4.69) is 22.4 Å². The van der Waals surface area contributed by atoms with Crippen LogP contribution in [0.2, 0.25) is 0 Å². The summed E-state index contributed by atoms with van der Waals surface area (Å²) >= 11 is 1.60. The van der Waals surface area contributed by atoms with Crippen molar-refractivity contribution in [3.05, 3.63) is 33.8 Å². The molecule has 6 heteroatoms. The topological polar surface area (TPSA) is 83.8 Å². The van der Waals surface area contributed by atoms with Gasteiger partial charge in [-0.2, -0.15) is 16.4 Å². The molecular formula is C12H16N4OS. The number of aryl methyl sites for hydroxylation is 1. The highest BCUT2D eigenvalue weighted by molar-refractivity contribution is 7.07. The zero-order valence-electron chi connectivity index (χ0n) is 10.2. The lowest BCUT2D eigenvalue weighted by molar-refractivity contribution is 0.0947. The number of carbonyl (C=O) groups excluding carboxylic acids is 1. The average Bonchev–Trinajstić information content (AvgIpc) is 2.98. The zero-order valence-corrected chi connectivity index (χ0v) is 11.0. The predicted octanol–water partition coefficient (Wildman–Crippen LogP) is 1.94. The molecule has 0 aromatic carbocycles. The van der Waals surface area contributed by atoms with E-state index >= 15 is 0 Å². The highest BCUT2D eigenvalue weighted by Gasteiger charge is 2.16. The number of nitrogens with two attached hydrogens (primary N) is 1. The number of H-pyrrole nitrogens is 1. The van der Waals surface area contributed by atoms with Gasteiger partial charge in [-0.3, -0.25) is 9.89 Å². The number of aromatic amines is 1. The van der Waals surface area contributed by atoms with Crippen LogP contribution < -0.4 is 11.1 Å². The van der Waals surface area contributed by atoms with E-state index in [-0.39, 0.29) is 11.6 Å². The molecule has 0 aliphatic heterocycles. The van der Waals surface area contributed by atoms with Crippen molar-refractivity contribution >= 4 is 22.9 Å². The largest absolute Gasteiger partial charge is 0.395 e. The first-order valence-electron chi connectivity index (χ1n) is 5.84. The lowest BCUT2D eigenvalue weighted by atomic mass is 10.2. The monoisotopic (exact) mass is 264 g/mol. The van der Waals surface area contributed by atoms with Gasteiger partial charge in [0.15, 0.2) is 5.69 Å². The Morgan fingerprint density at radius 2 is 2.44 bits per heavy atom. The minimum atomic E-state index is -0.239. The quantitative estimate of drug-likeness (QED) is 0.771. The zero-order chi connectivity index (χ0) is 13.0. The first-order valence-corrected chi connectivity index (χ1v) is 6.78. The summed E-state index contributed by atoms with van der Waals surface area (Å²) in [5.41, 5.74) is 8.54. The molecule has 2 aromatic heterocycles. The van der Waals surface area contributed by atoms with E-state index in [1.165, 1.54) is 0 Å². The lowest BCUT2D eigenvalue weighted by Gasteiger charge is -2.02. The molecule has 0 aliphatic carbocycles. The van der Waals surface area contributed by atoms with Gasteiger partial charge < -0.3 is 11.1 Å². The van der Waals surface area contributed by atoms with Gasteiger partial charge in [-0.15, -0.1) is 0 Å². The van der Waals surface area contributed by atoms with Crippen molar-refractivity contribution in [2.24, 2.45) is 0 Å². The van der Waals surface area contributed by atoms with Crippen molar-refractivity contribution in [2.45, 2.75) is 26.3 Å². The third-order valence-electron chi connectivity index (χ3n) is 2.63. The summed E-state index contributed by atoms with van der Waals surface area (Å²) in [4.78, 5) is 11.9. The first-order chi connectivity index (χ1) is 8.72. The SMILES string of the molecule is CCCc1[nH]nc(C(=O)NCc2ccsc2)c1N. The summed E-state index contributed by atoms with van der Waals surface area (Å²) in [7, 11) is 0. The van der Waals surface area contributed by atoms with E-state index in [9.17, 15) is 4.79 Å². The molecule has 0 atom stereocenters. The number of nitrogen functional groups attached to an aromatic ring is 1. The van der Waals surface area contributed by atoms with Crippen molar-refractivity contribution in [3.63, 3.8) is 0 Å². The number of amides is 1. The maximum atomic E-state index is 11.9. The molecule has 2 aromatic rings. The smallest absolute Gasteiger partial charge is 0.274 e. The third-order valence-corrected chi connectivity index (χ3v) is 3.36. The van der Waals surface area contributed by atoms with Crippen molar-refractivity contribution < 1.29 is 4.79 Å². The van der Waals surface area contributed by atoms with Gasteiger partial charge in [0.2, 0.25) is 0 Å². The normalized spacial score (nSPS) is 10.5. The maximum Gasteiger partial charge on any atom is 0.274 e. The summed E-state index contributed by atoms with van der Waals surface area (Å²) in [5, 5.41) is 13.6. The third kappa shape index (κ3) is 2.70. The summed E-state index contributed by atoms with van der Waals surface area (Å²) < 4.78 is 0. The van der Waals surface area contributed by atoms with Crippen molar-refractivity contribution in [1.29, 1.82) is 0 Å². The molecule has 0 fully saturated rings. The standard InChI is InChI=1S/C12H16N4OS/c1-2-3-9-10(13)11(16-15-9)12(17)14-6-8-4-5-18-7-8/h4-5,7H,2-3,6,13H2,1H3,(H,14,17)(H,15,16). The second-order valence-electron chi connectivity index (χ2n) is 4.03. The molecule has 0 aliphatic rings.